The molecular formula is C6H5ClI. The lowest BCUT2D eigenvalue weighted by Gasteiger charge is -2.13. The summed E-state index contributed by atoms with van der Waals surface area (Å²) in [7, 11) is 0. The Morgan fingerprint density at radius 2 is 2.00 bits per heavy atom. The Balaban J connectivity index is 2.65. The minimum Gasteiger partial charge on any atom is -0.102 e. The molecular weight excluding hydrogens is 234 g/mol. The number of allylic oxidation sites excluding steroid dienone is 4. The summed E-state index contributed by atoms with van der Waals surface area (Å²) in [5.41, 5.74) is 0. The second-order valence-electron chi connectivity index (χ2n) is 1.59. The van der Waals surface area contributed by atoms with Crippen LogP contribution >= 0.6 is 34.2 Å². The SMILES string of the molecule is ClC1(I)[CH]C=CC=C1. The van der Waals surface area contributed by atoms with Crippen molar-refractivity contribution in [2.75, 3.05) is 0 Å². The molecule has 1 radical (unpaired) electrons. The highest BCUT2D eigenvalue weighted by Crippen LogP contribution is 2.31. The molecule has 2 heteroatoms. The molecule has 1 rings (SSSR count). The van der Waals surface area contributed by atoms with E-state index in [0.717, 1.165) is 0 Å². The molecule has 0 saturated heterocycles. The smallest absolute Gasteiger partial charge is 0.102 e. The first-order valence-electron chi connectivity index (χ1n) is 2.29. The maximum Gasteiger partial charge on any atom is 0.121 e. The molecule has 0 aromatic heterocycles. The van der Waals surface area contributed by atoms with Crippen molar-refractivity contribution in [3.05, 3.63) is 30.7 Å². The normalized spacial score (nSPS) is 35.8. The van der Waals surface area contributed by atoms with Crippen molar-refractivity contribution >= 4 is 34.2 Å². The van der Waals surface area contributed by atoms with Crippen LogP contribution in [-0.2, 0) is 0 Å². The minimum atomic E-state index is -0.271. The van der Waals surface area contributed by atoms with Gasteiger partial charge in [-0.3, -0.25) is 0 Å². The Bertz CT molecular complexity index is 135. The lowest BCUT2D eigenvalue weighted by Crippen LogP contribution is -2.07. The van der Waals surface area contributed by atoms with Crippen LogP contribution < -0.4 is 0 Å². The monoisotopic (exact) mass is 239 g/mol. The molecule has 1 unspecified atom stereocenters. The predicted molar refractivity (Wildman–Crippen MR) is 45.2 cm³/mol. The first-order valence-corrected chi connectivity index (χ1v) is 3.75. The highest BCUT2D eigenvalue weighted by molar-refractivity contribution is 14.1. The van der Waals surface area contributed by atoms with Crippen molar-refractivity contribution in [1.82, 2.24) is 0 Å². The predicted octanol–water partition coefficient (Wildman–Crippen LogP) is 2.69. The van der Waals surface area contributed by atoms with Gasteiger partial charge in [0.15, 0.2) is 0 Å². The van der Waals surface area contributed by atoms with Crippen LogP contribution in [0.1, 0.15) is 0 Å². The van der Waals surface area contributed by atoms with Crippen LogP contribution in [0, 0.1) is 6.42 Å². The van der Waals surface area contributed by atoms with Gasteiger partial charge in [-0.05, 0) is 0 Å². The molecule has 0 saturated carbocycles. The molecule has 1 aliphatic rings. The van der Waals surface area contributed by atoms with E-state index >= 15 is 0 Å². The Kier molecular flexibility index (Phi) is 1.98. The van der Waals surface area contributed by atoms with Gasteiger partial charge >= 0.3 is 0 Å². The zero-order valence-electron chi connectivity index (χ0n) is 4.14. The summed E-state index contributed by atoms with van der Waals surface area (Å²) in [6.07, 6.45) is 9.72. The van der Waals surface area contributed by atoms with Crippen LogP contribution in [0.5, 0.6) is 0 Å². The highest BCUT2D eigenvalue weighted by Gasteiger charge is 2.18. The van der Waals surface area contributed by atoms with Crippen molar-refractivity contribution in [3.63, 3.8) is 0 Å². The quantitative estimate of drug-likeness (QED) is 0.450. The largest absolute Gasteiger partial charge is 0.121 e. The topological polar surface area (TPSA) is 0 Å². The Morgan fingerprint density at radius 1 is 1.25 bits per heavy atom. The number of alkyl halides is 2. The van der Waals surface area contributed by atoms with Gasteiger partial charge < -0.3 is 0 Å². The second kappa shape index (κ2) is 2.40. The summed E-state index contributed by atoms with van der Waals surface area (Å²) in [5.74, 6) is 0. The summed E-state index contributed by atoms with van der Waals surface area (Å²) < 4.78 is -0.271. The van der Waals surface area contributed by atoms with E-state index in [9.17, 15) is 0 Å². The Morgan fingerprint density at radius 3 is 2.25 bits per heavy atom. The number of rotatable bonds is 0. The van der Waals surface area contributed by atoms with Crippen molar-refractivity contribution in [3.8, 4) is 0 Å². The standard InChI is InChI=1S/C6H5ClI/c7-6(8)4-2-1-3-5-6/h1-5H. The summed E-state index contributed by atoms with van der Waals surface area (Å²) in [6.45, 7) is 0. The van der Waals surface area contributed by atoms with Gasteiger partial charge in [0.2, 0.25) is 0 Å². The van der Waals surface area contributed by atoms with E-state index in [1.165, 1.54) is 0 Å². The molecule has 1 aliphatic carbocycles. The third-order valence-corrected chi connectivity index (χ3v) is 1.83. The minimum absolute atomic E-state index is 0.271. The fourth-order valence-electron chi connectivity index (χ4n) is 0.487. The van der Waals surface area contributed by atoms with Crippen LogP contribution in [-0.4, -0.2) is 2.88 Å². The Labute approximate surface area is 67.7 Å². The first-order chi connectivity index (χ1) is 3.71. The molecule has 0 N–H and O–H groups in total. The summed E-state index contributed by atoms with van der Waals surface area (Å²) >= 11 is 8.03. The van der Waals surface area contributed by atoms with Crippen molar-refractivity contribution < 1.29 is 0 Å². The van der Waals surface area contributed by atoms with Gasteiger partial charge in [0.1, 0.15) is 2.88 Å². The third-order valence-electron chi connectivity index (χ3n) is 0.859. The molecule has 0 nitrogen and oxygen atoms in total. The van der Waals surface area contributed by atoms with Crippen molar-refractivity contribution in [1.29, 1.82) is 0 Å². The van der Waals surface area contributed by atoms with E-state index < -0.39 is 0 Å². The molecule has 0 spiro atoms. The van der Waals surface area contributed by atoms with Crippen LogP contribution in [0.25, 0.3) is 0 Å². The first kappa shape index (κ1) is 6.62. The summed E-state index contributed by atoms with van der Waals surface area (Å²) in [4.78, 5) is 0. The van der Waals surface area contributed by atoms with E-state index in [4.69, 9.17) is 11.6 Å². The molecule has 0 aromatic rings. The van der Waals surface area contributed by atoms with Crippen molar-refractivity contribution in [2.24, 2.45) is 0 Å². The van der Waals surface area contributed by atoms with Gasteiger partial charge in [-0.25, -0.2) is 0 Å². The molecule has 8 heavy (non-hydrogen) atoms. The second-order valence-corrected chi connectivity index (χ2v) is 4.63. The maximum absolute atomic E-state index is 5.87. The van der Waals surface area contributed by atoms with Gasteiger partial charge in [-0.15, -0.1) is 11.6 Å². The molecule has 0 fully saturated rings. The van der Waals surface area contributed by atoms with E-state index in [-0.39, 0.29) is 2.88 Å². The van der Waals surface area contributed by atoms with E-state index in [1.54, 1.807) is 0 Å². The molecule has 0 aliphatic heterocycles. The third kappa shape index (κ3) is 1.78. The average Bonchev–Trinajstić information content (AvgIpc) is 1.65. The number of hydrogen-bond donors (Lipinski definition) is 0. The molecule has 1 atom stereocenters. The molecule has 0 bridgehead atoms. The van der Waals surface area contributed by atoms with Crippen molar-refractivity contribution in [2.45, 2.75) is 2.88 Å². The average molecular weight is 239 g/mol. The zero-order chi connectivity index (χ0) is 6.04. The number of hydrogen-bond acceptors (Lipinski definition) is 0. The molecule has 0 heterocycles. The zero-order valence-corrected chi connectivity index (χ0v) is 7.06. The molecule has 0 amide bonds. The molecule has 0 aromatic carbocycles. The van der Waals surface area contributed by atoms with Crippen LogP contribution in [0.3, 0.4) is 0 Å². The van der Waals surface area contributed by atoms with E-state index in [2.05, 4.69) is 22.6 Å². The van der Waals surface area contributed by atoms with Gasteiger partial charge in [-0.2, -0.15) is 0 Å². The lowest BCUT2D eigenvalue weighted by atomic mass is 10.2. The molecule has 43 valence electrons. The van der Waals surface area contributed by atoms with Crippen LogP contribution in [0.2, 0.25) is 0 Å². The lowest BCUT2D eigenvalue weighted by molar-refractivity contribution is 1.23. The van der Waals surface area contributed by atoms with Gasteiger partial charge in [0.05, 0.1) is 0 Å². The van der Waals surface area contributed by atoms with E-state index in [0.29, 0.717) is 0 Å². The van der Waals surface area contributed by atoms with E-state index in [1.807, 2.05) is 30.7 Å². The van der Waals surface area contributed by atoms with Crippen LogP contribution in [0.4, 0.5) is 0 Å². The summed E-state index contributed by atoms with van der Waals surface area (Å²) in [5, 5.41) is 0. The van der Waals surface area contributed by atoms with Gasteiger partial charge in [0, 0.05) is 6.42 Å². The fourth-order valence-corrected chi connectivity index (χ4v) is 1.05. The van der Waals surface area contributed by atoms with Gasteiger partial charge in [-0.1, -0.05) is 46.9 Å². The number of halogens is 2. The van der Waals surface area contributed by atoms with Crippen LogP contribution in [0.15, 0.2) is 24.3 Å². The highest BCUT2D eigenvalue weighted by atomic mass is 127. The van der Waals surface area contributed by atoms with Gasteiger partial charge in [0.25, 0.3) is 0 Å². The summed E-state index contributed by atoms with van der Waals surface area (Å²) in [6, 6.07) is 0. The maximum atomic E-state index is 5.87. The fraction of sp³-hybridized carbons (Fsp3) is 0.167. The Hall–Kier alpha value is 0.500.